The van der Waals surface area contributed by atoms with Crippen molar-refractivity contribution >= 4 is 44.3 Å². The molecule has 1 aliphatic rings. The minimum Gasteiger partial charge on any atom is -0.394 e. The standard InChI is InChI=1S/C14H14Cl2N4O3S/c15-9-4-8(5-10(16)6-9)12(7-21)20-24(22,23)14-11-2-1-3-17-13(11)18-19-14/h1-5,9,12,20-21H,6-7H2,(H,17,18,19). The molecular formula is C14H14Cl2N4O3S. The Balaban J connectivity index is 1.93. The number of hydrogen-bond acceptors (Lipinski definition) is 5. The molecule has 0 fully saturated rings. The van der Waals surface area contributed by atoms with Crippen LogP contribution in [-0.2, 0) is 10.0 Å². The fourth-order valence-corrected chi connectivity index (χ4v) is 4.45. The molecule has 0 saturated heterocycles. The highest BCUT2D eigenvalue weighted by Crippen LogP contribution is 2.27. The summed E-state index contributed by atoms with van der Waals surface area (Å²) in [4.78, 5) is 4.01. The van der Waals surface area contributed by atoms with Gasteiger partial charge in [0.1, 0.15) is 0 Å². The van der Waals surface area contributed by atoms with Gasteiger partial charge >= 0.3 is 0 Å². The maximum atomic E-state index is 12.6. The molecule has 2 aromatic rings. The molecule has 0 bridgehead atoms. The minimum absolute atomic E-state index is 0.182. The summed E-state index contributed by atoms with van der Waals surface area (Å²) in [6.45, 7) is -0.448. The second-order valence-corrected chi connectivity index (χ2v) is 7.94. The summed E-state index contributed by atoms with van der Waals surface area (Å²) >= 11 is 12.1. The number of aliphatic hydroxyl groups excluding tert-OH is 1. The maximum absolute atomic E-state index is 12.6. The average Bonchev–Trinajstić information content (AvgIpc) is 2.96. The number of alkyl halides is 1. The zero-order valence-electron chi connectivity index (χ0n) is 12.3. The maximum Gasteiger partial charge on any atom is 0.261 e. The second kappa shape index (κ2) is 6.81. The van der Waals surface area contributed by atoms with Crippen LogP contribution in [0, 0.1) is 0 Å². The van der Waals surface area contributed by atoms with Crippen LogP contribution in [0.1, 0.15) is 6.42 Å². The summed E-state index contributed by atoms with van der Waals surface area (Å²) < 4.78 is 27.7. The summed E-state index contributed by atoms with van der Waals surface area (Å²) in [6.07, 6.45) is 5.27. The molecule has 24 heavy (non-hydrogen) atoms. The molecule has 0 amide bonds. The van der Waals surface area contributed by atoms with E-state index < -0.39 is 22.7 Å². The van der Waals surface area contributed by atoms with Crippen LogP contribution in [0.4, 0.5) is 0 Å². The average molecular weight is 389 g/mol. The van der Waals surface area contributed by atoms with Gasteiger partial charge in [-0.3, -0.25) is 5.10 Å². The molecule has 0 aliphatic heterocycles. The lowest BCUT2D eigenvalue weighted by atomic mass is 10.0. The first-order valence-electron chi connectivity index (χ1n) is 7.05. The molecule has 3 N–H and O–H groups in total. The van der Waals surface area contributed by atoms with Crippen LogP contribution in [0.5, 0.6) is 0 Å². The van der Waals surface area contributed by atoms with E-state index in [2.05, 4.69) is 19.9 Å². The summed E-state index contributed by atoms with van der Waals surface area (Å²) in [6, 6.07) is 2.33. The Morgan fingerprint density at radius 1 is 1.50 bits per heavy atom. The fourth-order valence-electron chi connectivity index (χ4n) is 2.45. The van der Waals surface area contributed by atoms with Crippen LogP contribution in [-0.4, -0.2) is 46.7 Å². The Bertz CT molecular complexity index is 923. The molecular weight excluding hydrogens is 375 g/mol. The van der Waals surface area contributed by atoms with Crippen LogP contribution in [0.2, 0.25) is 0 Å². The van der Waals surface area contributed by atoms with Crippen molar-refractivity contribution in [2.45, 2.75) is 22.9 Å². The lowest BCUT2D eigenvalue weighted by molar-refractivity contribution is 0.272. The zero-order chi connectivity index (χ0) is 17.3. The van der Waals surface area contributed by atoms with Crippen molar-refractivity contribution in [3.63, 3.8) is 0 Å². The van der Waals surface area contributed by atoms with Crippen LogP contribution >= 0.6 is 23.2 Å². The quantitative estimate of drug-likeness (QED) is 0.674. The molecule has 0 spiro atoms. The highest BCUT2D eigenvalue weighted by molar-refractivity contribution is 7.89. The highest BCUT2D eigenvalue weighted by Gasteiger charge is 2.27. The van der Waals surface area contributed by atoms with Crippen molar-refractivity contribution in [2.75, 3.05) is 6.61 Å². The number of nitrogens with zero attached hydrogens (tertiary/aromatic N) is 2. The number of pyridine rings is 1. The number of fused-ring (bicyclic) bond motifs is 1. The monoisotopic (exact) mass is 388 g/mol. The number of aromatic amines is 1. The van der Waals surface area contributed by atoms with Gasteiger partial charge in [-0.15, -0.1) is 11.6 Å². The Morgan fingerprint density at radius 3 is 3.00 bits per heavy atom. The van der Waals surface area contributed by atoms with Crippen LogP contribution in [0.3, 0.4) is 0 Å². The summed E-state index contributed by atoms with van der Waals surface area (Å²) in [5.41, 5.74) is 0.870. The van der Waals surface area contributed by atoms with E-state index in [-0.39, 0.29) is 10.4 Å². The van der Waals surface area contributed by atoms with Gasteiger partial charge in [-0.1, -0.05) is 17.7 Å². The zero-order valence-corrected chi connectivity index (χ0v) is 14.6. The predicted octanol–water partition coefficient (Wildman–Crippen LogP) is 1.66. The van der Waals surface area contributed by atoms with Crippen molar-refractivity contribution in [2.24, 2.45) is 0 Å². The molecule has 0 aromatic carbocycles. The van der Waals surface area contributed by atoms with Gasteiger partial charge in [-0.2, -0.15) is 9.82 Å². The summed E-state index contributed by atoms with van der Waals surface area (Å²) in [5, 5.41) is 16.3. The lowest BCUT2D eigenvalue weighted by Crippen LogP contribution is -2.39. The van der Waals surface area contributed by atoms with Crippen LogP contribution < -0.4 is 4.72 Å². The largest absolute Gasteiger partial charge is 0.394 e. The van der Waals surface area contributed by atoms with E-state index in [4.69, 9.17) is 23.2 Å². The van der Waals surface area contributed by atoms with E-state index in [0.29, 0.717) is 28.1 Å². The molecule has 0 saturated carbocycles. The van der Waals surface area contributed by atoms with Crippen molar-refractivity contribution < 1.29 is 13.5 Å². The predicted molar refractivity (Wildman–Crippen MR) is 91.4 cm³/mol. The normalized spacial score (nSPS) is 19.9. The van der Waals surface area contributed by atoms with E-state index in [1.54, 1.807) is 24.3 Å². The molecule has 128 valence electrons. The minimum atomic E-state index is -3.99. The van der Waals surface area contributed by atoms with Gasteiger partial charge in [-0.05, 0) is 23.8 Å². The van der Waals surface area contributed by atoms with Crippen molar-refractivity contribution in [3.05, 3.63) is 41.1 Å². The first-order chi connectivity index (χ1) is 11.4. The van der Waals surface area contributed by atoms with Gasteiger partial charge in [0.05, 0.1) is 23.4 Å². The van der Waals surface area contributed by atoms with E-state index >= 15 is 0 Å². The van der Waals surface area contributed by atoms with Gasteiger partial charge in [0, 0.05) is 17.6 Å². The van der Waals surface area contributed by atoms with Gasteiger partial charge in [0.15, 0.2) is 5.65 Å². The molecule has 7 nitrogen and oxygen atoms in total. The smallest absolute Gasteiger partial charge is 0.261 e. The van der Waals surface area contributed by atoms with E-state index in [1.807, 2.05) is 0 Å². The highest BCUT2D eigenvalue weighted by atomic mass is 35.5. The lowest BCUT2D eigenvalue weighted by Gasteiger charge is -2.21. The van der Waals surface area contributed by atoms with Gasteiger partial charge < -0.3 is 5.11 Å². The van der Waals surface area contributed by atoms with Crippen molar-refractivity contribution in [1.82, 2.24) is 19.9 Å². The molecule has 3 rings (SSSR count). The summed E-state index contributed by atoms with van der Waals surface area (Å²) in [5.74, 6) is 0. The Morgan fingerprint density at radius 2 is 2.29 bits per heavy atom. The summed E-state index contributed by atoms with van der Waals surface area (Å²) in [7, 11) is -3.99. The third kappa shape index (κ3) is 3.47. The first kappa shape index (κ1) is 17.4. The first-order valence-corrected chi connectivity index (χ1v) is 9.34. The van der Waals surface area contributed by atoms with Gasteiger partial charge in [0.2, 0.25) is 5.03 Å². The fraction of sp³-hybridized carbons (Fsp3) is 0.286. The number of hydrogen-bond donors (Lipinski definition) is 3. The van der Waals surface area contributed by atoms with Gasteiger partial charge in [-0.25, -0.2) is 13.4 Å². The molecule has 10 heteroatoms. The van der Waals surface area contributed by atoms with Crippen LogP contribution in [0.25, 0.3) is 11.0 Å². The number of rotatable bonds is 5. The molecule has 2 aromatic heterocycles. The van der Waals surface area contributed by atoms with Gasteiger partial charge in [0.25, 0.3) is 10.0 Å². The second-order valence-electron chi connectivity index (χ2n) is 5.26. The van der Waals surface area contributed by atoms with E-state index in [0.717, 1.165) is 0 Å². The van der Waals surface area contributed by atoms with E-state index in [1.165, 1.54) is 6.20 Å². The van der Waals surface area contributed by atoms with E-state index in [9.17, 15) is 13.5 Å². The third-order valence-electron chi connectivity index (χ3n) is 3.52. The molecule has 2 unspecified atom stereocenters. The molecule has 2 atom stereocenters. The van der Waals surface area contributed by atoms with Crippen molar-refractivity contribution in [1.29, 1.82) is 0 Å². The third-order valence-corrected chi connectivity index (χ3v) is 5.48. The molecule has 2 heterocycles. The van der Waals surface area contributed by atoms with Crippen LogP contribution in [0.15, 0.2) is 46.1 Å². The molecule has 0 radical (unpaired) electrons. The number of allylic oxidation sites excluding steroid dienone is 2. The number of sulfonamides is 1. The number of aliphatic hydroxyl groups is 1. The number of nitrogens with one attached hydrogen (secondary N) is 2. The SMILES string of the molecule is O=S(=O)(NC(CO)C1=CC(Cl)CC(Cl)=C1)c1n[nH]c2ncccc12. The Kier molecular flexibility index (Phi) is 4.93. The number of halogens is 2. The molecule has 1 aliphatic carbocycles. The topological polar surface area (TPSA) is 108 Å². The Labute approximate surface area is 148 Å². The number of aromatic nitrogens is 3. The number of H-pyrrole nitrogens is 1. The Hall–Kier alpha value is -1.45. The van der Waals surface area contributed by atoms with Crippen molar-refractivity contribution in [3.8, 4) is 0 Å².